The molecule has 1 atom stereocenters. The summed E-state index contributed by atoms with van der Waals surface area (Å²) >= 11 is 0. The van der Waals surface area contributed by atoms with E-state index in [-0.39, 0.29) is 17.9 Å². The van der Waals surface area contributed by atoms with E-state index in [2.05, 4.69) is 0 Å². The van der Waals surface area contributed by atoms with Crippen LogP contribution in [0.25, 0.3) is 0 Å². The first-order valence-electron chi connectivity index (χ1n) is 6.53. The highest BCUT2D eigenvalue weighted by Crippen LogP contribution is 2.39. The molecule has 1 aromatic rings. The van der Waals surface area contributed by atoms with E-state index in [1.54, 1.807) is 12.1 Å². The van der Waals surface area contributed by atoms with Gasteiger partial charge in [0.1, 0.15) is 0 Å². The maximum absolute atomic E-state index is 12.8. The second kappa shape index (κ2) is 5.68. The molecule has 1 N–H and O–H groups in total. The first kappa shape index (κ1) is 16.4. The molecule has 5 nitrogen and oxygen atoms in total. The Balaban J connectivity index is 2.28. The molecular weight excluding hydrogens is 303 g/mol. The average Bonchev–Trinajstić information content (AvgIpc) is 2.89. The molecule has 1 fully saturated rings. The minimum absolute atomic E-state index is 0.0910. The van der Waals surface area contributed by atoms with Gasteiger partial charge in [-0.25, -0.2) is 0 Å². The van der Waals surface area contributed by atoms with Gasteiger partial charge in [-0.1, -0.05) is 6.07 Å². The second-order valence-corrected chi connectivity index (χ2v) is 5.05. The maximum atomic E-state index is 12.8. The van der Waals surface area contributed by atoms with E-state index < -0.39 is 30.7 Å². The first-order valence-corrected chi connectivity index (χ1v) is 6.53. The summed E-state index contributed by atoms with van der Waals surface area (Å²) in [5.74, 6) is -0.188. The maximum Gasteiger partial charge on any atom is 0.419 e. The zero-order chi connectivity index (χ0) is 16.5. The van der Waals surface area contributed by atoms with Crippen molar-refractivity contribution in [3.05, 3.63) is 23.8 Å². The molecular formula is C14H16F3NO4. The number of halogens is 3. The fourth-order valence-corrected chi connectivity index (χ4v) is 2.42. The van der Waals surface area contributed by atoms with Crippen molar-refractivity contribution in [3.63, 3.8) is 0 Å². The van der Waals surface area contributed by atoms with Gasteiger partial charge in [0.15, 0.2) is 17.1 Å². The number of alkyl halides is 3. The van der Waals surface area contributed by atoms with Crippen molar-refractivity contribution >= 4 is 5.91 Å². The molecule has 0 radical (unpaired) electrons. The fourth-order valence-electron chi connectivity index (χ4n) is 2.42. The molecule has 0 aliphatic carbocycles. The number of rotatable bonds is 3. The van der Waals surface area contributed by atoms with Crippen LogP contribution >= 0.6 is 0 Å². The Labute approximate surface area is 125 Å². The largest absolute Gasteiger partial charge is 0.493 e. The van der Waals surface area contributed by atoms with Crippen molar-refractivity contribution in [1.29, 1.82) is 0 Å². The van der Waals surface area contributed by atoms with Gasteiger partial charge in [-0.15, -0.1) is 0 Å². The molecule has 1 aromatic carbocycles. The lowest BCUT2D eigenvalue weighted by molar-refractivity contribution is -0.253. The van der Waals surface area contributed by atoms with Crippen molar-refractivity contribution in [2.45, 2.75) is 18.2 Å². The second-order valence-electron chi connectivity index (χ2n) is 5.05. The number of ether oxygens (including phenoxy) is 2. The lowest BCUT2D eigenvalue weighted by Crippen LogP contribution is -2.48. The minimum atomic E-state index is -4.78. The Kier molecular flexibility index (Phi) is 4.23. The van der Waals surface area contributed by atoms with E-state index in [9.17, 15) is 23.1 Å². The van der Waals surface area contributed by atoms with Crippen LogP contribution in [-0.4, -0.2) is 55.0 Å². The Morgan fingerprint density at radius 3 is 2.50 bits per heavy atom. The standard InChI is InChI=1S/C14H16F3NO4/c1-21-10-5-3-4-9(11(10)22-2)12(19)18-7-6-13(20,8-18)14(15,16)17/h3-5,20H,6-8H2,1-2H3. The van der Waals surface area contributed by atoms with Crippen LogP contribution in [0.5, 0.6) is 11.5 Å². The third kappa shape index (κ3) is 2.70. The van der Waals surface area contributed by atoms with Gasteiger partial charge in [0, 0.05) is 13.0 Å². The van der Waals surface area contributed by atoms with E-state index in [0.717, 1.165) is 4.90 Å². The number of hydrogen-bond acceptors (Lipinski definition) is 4. The molecule has 1 amide bonds. The Bertz CT molecular complexity index is 576. The van der Waals surface area contributed by atoms with Gasteiger partial charge in [0.2, 0.25) is 0 Å². The van der Waals surface area contributed by atoms with Crippen LogP contribution in [0.1, 0.15) is 16.8 Å². The summed E-state index contributed by atoms with van der Waals surface area (Å²) in [6, 6.07) is 4.56. The Hall–Kier alpha value is -1.96. The predicted octanol–water partition coefficient (Wildman–Crippen LogP) is 1.84. The first-order chi connectivity index (χ1) is 10.2. The monoisotopic (exact) mass is 319 g/mol. The zero-order valence-corrected chi connectivity index (χ0v) is 12.1. The van der Waals surface area contributed by atoms with E-state index >= 15 is 0 Å². The lowest BCUT2D eigenvalue weighted by atomic mass is 10.0. The molecule has 8 heteroatoms. The summed E-state index contributed by atoms with van der Waals surface area (Å²) in [7, 11) is 2.73. The number of likely N-dealkylation sites (tertiary alicyclic amines) is 1. The molecule has 1 aliphatic rings. The fraction of sp³-hybridized carbons (Fsp3) is 0.500. The number of nitrogens with zero attached hydrogens (tertiary/aromatic N) is 1. The summed E-state index contributed by atoms with van der Waals surface area (Å²) in [6.45, 7) is -0.981. The number of benzene rings is 1. The molecule has 2 rings (SSSR count). The highest BCUT2D eigenvalue weighted by atomic mass is 19.4. The van der Waals surface area contributed by atoms with Crippen molar-refractivity contribution in [2.24, 2.45) is 0 Å². The van der Waals surface area contributed by atoms with Crippen molar-refractivity contribution in [3.8, 4) is 11.5 Å². The van der Waals surface area contributed by atoms with Crippen LogP contribution in [0.15, 0.2) is 18.2 Å². The van der Waals surface area contributed by atoms with Gasteiger partial charge in [-0.2, -0.15) is 13.2 Å². The highest BCUT2D eigenvalue weighted by Gasteiger charge is 2.57. The smallest absolute Gasteiger partial charge is 0.419 e. The van der Waals surface area contributed by atoms with Crippen molar-refractivity contribution in [1.82, 2.24) is 4.90 Å². The van der Waals surface area contributed by atoms with Gasteiger partial charge in [-0.3, -0.25) is 4.79 Å². The molecule has 0 saturated carbocycles. The molecule has 22 heavy (non-hydrogen) atoms. The lowest BCUT2D eigenvalue weighted by Gasteiger charge is -2.26. The molecule has 1 saturated heterocycles. The highest BCUT2D eigenvalue weighted by molar-refractivity contribution is 5.98. The predicted molar refractivity (Wildman–Crippen MR) is 71.1 cm³/mol. The summed E-state index contributed by atoms with van der Waals surface area (Å²) < 4.78 is 48.6. The summed E-state index contributed by atoms with van der Waals surface area (Å²) in [6.07, 6.45) is -5.32. The number of carbonyl (C=O) groups excluding carboxylic acids is 1. The minimum Gasteiger partial charge on any atom is -0.493 e. The average molecular weight is 319 g/mol. The topological polar surface area (TPSA) is 59.0 Å². The normalized spacial score (nSPS) is 21.8. The third-order valence-corrected chi connectivity index (χ3v) is 3.70. The van der Waals surface area contributed by atoms with Crippen molar-refractivity contribution < 1.29 is 32.5 Å². The van der Waals surface area contributed by atoms with Crippen LogP contribution in [0.4, 0.5) is 13.2 Å². The van der Waals surface area contributed by atoms with E-state index in [1.807, 2.05) is 0 Å². The zero-order valence-electron chi connectivity index (χ0n) is 12.1. The van der Waals surface area contributed by atoms with Gasteiger partial charge in [0.25, 0.3) is 5.91 Å². The Morgan fingerprint density at radius 1 is 1.32 bits per heavy atom. The number of hydrogen-bond donors (Lipinski definition) is 1. The molecule has 122 valence electrons. The number of para-hydroxylation sites is 1. The van der Waals surface area contributed by atoms with E-state index in [4.69, 9.17) is 9.47 Å². The Morgan fingerprint density at radius 2 is 2.00 bits per heavy atom. The number of β-amino-alcohol motifs (C(OH)–C–C–N with tert-alkyl or cyclic N) is 1. The van der Waals surface area contributed by atoms with Gasteiger partial charge < -0.3 is 19.5 Å². The van der Waals surface area contributed by atoms with Gasteiger partial charge in [0.05, 0.1) is 26.3 Å². The molecule has 1 aliphatic heterocycles. The molecule has 1 unspecified atom stereocenters. The number of methoxy groups -OCH3 is 2. The van der Waals surface area contributed by atoms with E-state index in [0.29, 0.717) is 5.75 Å². The molecule has 0 bridgehead atoms. The summed E-state index contributed by atoms with van der Waals surface area (Å²) in [5, 5.41) is 9.65. The molecule has 0 spiro atoms. The number of carbonyl (C=O) groups is 1. The van der Waals surface area contributed by atoms with Crippen molar-refractivity contribution in [2.75, 3.05) is 27.3 Å². The molecule has 1 heterocycles. The summed E-state index contributed by atoms with van der Waals surface area (Å²) in [4.78, 5) is 13.4. The van der Waals surface area contributed by atoms with Crippen LogP contribution in [0, 0.1) is 0 Å². The number of aliphatic hydroxyl groups is 1. The van der Waals surface area contributed by atoms with Crippen LogP contribution < -0.4 is 9.47 Å². The quantitative estimate of drug-likeness (QED) is 0.924. The SMILES string of the molecule is COc1cccc(C(=O)N2CCC(O)(C(F)(F)F)C2)c1OC. The van der Waals surface area contributed by atoms with Crippen LogP contribution in [0.3, 0.4) is 0 Å². The third-order valence-electron chi connectivity index (χ3n) is 3.70. The molecule has 0 aromatic heterocycles. The van der Waals surface area contributed by atoms with Crippen LogP contribution in [-0.2, 0) is 0 Å². The van der Waals surface area contributed by atoms with E-state index in [1.165, 1.54) is 20.3 Å². The number of amides is 1. The van der Waals surface area contributed by atoms with Crippen LogP contribution in [0.2, 0.25) is 0 Å². The van der Waals surface area contributed by atoms with Gasteiger partial charge >= 0.3 is 6.18 Å². The summed E-state index contributed by atoms with van der Waals surface area (Å²) in [5.41, 5.74) is -2.78. The van der Waals surface area contributed by atoms with Gasteiger partial charge in [-0.05, 0) is 12.1 Å².